The lowest BCUT2D eigenvalue weighted by molar-refractivity contribution is 0.363. The Morgan fingerprint density at radius 3 is 2.89 bits per heavy atom. The molecular formula is C13H13Cl2N3O. The van der Waals surface area contributed by atoms with Gasteiger partial charge in [0.25, 0.3) is 0 Å². The van der Waals surface area contributed by atoms with E-state index in [-0.39, 0.29) is 6.61 Å². The summed E-state index contributed by atoms with van der Waals surface area (Å²) in [7, 11) is 2.00. The van der Waals surface area contributed by atoms with Crippen molar-refractivity contribution in [2.75, 3.05) is 31.9 Å². The highest BCUT2D eigenvalue weighted by Crippen LogP contribution is 2.36. The topological polar surface area (TPSA) is 28.1 Å². The van der Waals surface area contributed by atoms with Crippen LogP contribution in [0, 0.1) is 12.3 Å². The number of hydrazone groups is 1. The Morgan fingerprint density at radius 2 is 2.21 bits per heavy atom. The van der Waals surface area contributed by atoms with Crippen LogP contribution in [-0.2, 0) is 0 Å². The van der Waals surface area contributed by atoms with E-state index in [9.17, 15) is 0 Å². The normalized spacial score (nSPS) is 15.4. The second-order valence-electron chi connectivity index (χ2n) is 4.10. The quantitative estimate of drug-likeness (QED) is 0.803. The minimum atomic E-state index is 0.157. The van der Waals surface area contributed by atoms with E-state index >= 15 is 0 Å². The van der Waals surface area contributed by atoms with Crippen LogP contribution in [0.25, 0.3) is 0 Å². The summed E-state index contributed by atoms with van der Waals surface area (Å²) in [6.07, 6.45) is 6.99. The number of terminal acetylenes is 1. The van der Waals surface area contributed by atoms with Gasteiger partial charge in [-0.1, -0.05) is 29.1 Å². The maximum Gasteiger partial charge on any atom is 0.148 e. The number of hydrogen-bond acceptors (Lipinski definition) is 4. The Morgan fingerprint density at radius 1 is 1.42 bits per heavy atom. The van der Waals surface area contributed by atoms with E-state index in [2.05, 4.69) is 15.9 Å². The van der Waals surface area contributed by atoms with E-state index in [4.69, 9.17) is 34.4 Å². The van der Waals surface area contributed by atoms with E-state index in [1.54, 1.807) is 17.1 Å². The number of benzene rings is 1. The van der Waals surface area contributed by atoms with Crippen LogP contribution < -0.4 is 9.75 Å². The largest absolute Gasteiger partial charge is 0.479 e. The first-order valence-corrected chi connectivity index (χ1v) is 6.41. The summed E-state index contributed by atoms with van der Waals surface area (Å²) >= 11 is 12.3. The van der Waals surface area contributed by atoms with E-state index in [0.717, 1.165) is 12.2 Å². The molecule has 0 N–H and O–H groups in total. The molecule has 0 bridgehead atoms. The second kappa shape index (κ2) is 6.16. The van der Waals surface area contributed by atoms with E-state index in [0.29, 0.717) is 22.5 Å². The summed E-state index contributed by atoms with van der Waals surface area (Å²) in [4.78, 5) is 2.10. The van der Waals surface area contributed by atoms with Gasteiger partial charge in [0.05, 0.1) is 22.4 Å². The maximum absolute atomic E-state index is 6.20. The molecule has 100 valence electrons. The number of rotatable bonds is 3. The van der Waals surface area contributed by atoms with Gasteiger partial charge in [0.1, 0.15) is 12.4 Å². The van der Waals surface area contributed by atoms with Crippen molar-refractivity contribution >= 4 is 35.1 Å². The van der Waals surface area contributed by atoms with Gasteiger partial charge in [0.2, 0.25) is 0 Å². The minimum absolute atomic E-state index is 0.157. The van der Waals surface area contributed by atoms with Gasteiger partial charge in [-0.15, -0.1) is 6.42 Å². The molecule has 0 saturated carbocycles. The number of halogens is 2. The maximum atomic E-state index is 6.20. The average molecular weight is 298 g/mol. The molecule has 0 aromatic heterocycles. The van der Waals surface area contributed by atoms with Crippen molar-refractivity contribution in [3.05, 3.63) is 22.2 Å². The van der Waals surface area contributed by atoms with Crippen LogP contribution in [-0.4, -0.2) is 38.0 Å². The van der Waals surface area contributed by atoms with Gasteiger partial charge in [0, 0.05) is 18.8 Å². The first-order valence-electron chi connectivity index (χ1n) is 5.65. The first kappa shape index (κ1) is 14.0. The molecule has 1 heterocycles. The van der Waals surface area contributed by atoms with E-state index in [1.165, 1.54) is 0 Å². The highest BCUT2D eigenvalue weighted by atomic mass is 35.5. The minimum Gasteiger partial charge on any atom is -0.479 e. The van der Waals surface area contributed by atoms with Crippen LogP contribution in [0.3, 0.4) is 0 Å². The predicted molar refractivity (Wildman–Crippen MR) is 79.3 cm³/mol. The highest BCUT2D eigenvalue weighted by Gasteiger charge is 2.17. The summed E-state index contributed by atoms with van der Waals surface area (Å²) in [5, 5.41) is 7.04. The molecule has 1 aromatic rings. The summed E-state index contributed by atoms with van der Waals surface area (Å²) < 4.78 is 5.38. The Labute approximate surface area is 122 Å². The van der Waals surface area contributed by atoms with E-state index < -0.39 is 0 Å². The molecule has 0 radical (unpaired) electrons. The SMILES string of the molecule is C#CCOc1cc(N2CN(C)CC=N2)c(Cl)cc1Cl. The van der Waals surface area contributed by atoms with Gasteiger partial charge in [-0.3, -0.25) is 4.90 Å². The molecule has 0 atom stereocenters. The molecule has 4 nitrogen and oxygen atoms in total. The summed E-state index contributed by atoms with van der Waals surface area (Å²) in [6, 6.07) is 3.38. The molecule has 1 aromatic carbocycles. The van der Waals surface area contributed by atoms with Crippen molar-refractivity contribution < 1.29 is 4.74 Å². The van der Waals surface area contributed by atoms with Crippen molar-refractivity contribution in [1.82, 2.24) is 4.90 Å². The van der Waals surface area contributed by atoms with Crippen LogP contribution in [0.1, 0.15) is 0 Å². The van der Waals surface area contributed by atoms with Gasteiger partial charge in [-0.05, 0) is 13.1 Å². The first-order chi connectivity index (χ1) is 9.11. The van der Waals surface area contributed by atoms with Gasteiger partial charge < -0.3 is 4.74 Å². The van der Waals surface area contributed by atoms with Crippen LogP contribution >= 0.6 is 23.2 Å². The third-order valence-corrected chi connectivity index (χ3v) is 3.18. The van der Waals surface area contributed by atoms with Crippen LogP contribution in [0.4, 0.5) is 5.69 Å². The third kappa shape index (κ3) is 3.32. The van der Waals surface area contributed by atoms with Gasteiger partial charge in [0.15, 0.2) is 0 Å². The zero-order chi connectivity index (χ0) is 13.8. The van der Waals surface area contributed by atoms with Crippen molar-refractivity contribution in [2.24, 2.45) is 5.10 Å². The van der Waals surface area contributed by atoms with Gasteiger partial charge in [-0.25, -0.2) is 5.01 Å². The molecule has 0 fully saturated rings. The highest BCUT2D eigenvalue weighted by molar-refractivity contribution is 6.37. The lowest BCUT2D eigenvalue weighted by Crippen LogP contribution is -2.37. The smallest absolute Gasteiger partial charge is 0.148 e. The monoisotopic (exact) mass is 297 g/mol. The van der Waals surface area contributed by atoms with Crippen molar-refractivity contribution in [3.8, 4) is 18.1 Å². The summed E-state index contributed by atoms with van der Waals surface area (Å²) in [5.41, 5.74) is 0.737. The third-order valence-electron chi connectivity index (χ3n) is 2.58. The Kier molecular flexibility index (Phi) is 4.54. The van der Waals surface area contributed by atoms with Crippen LogP contribution in [0.5, 0.6) is 5.75 Å². The summed E-state index contributed by atoms with van der Waals surface area (Å²) in [6.45, 7) is 1.61. The van der Waals surface area contributed by atoms with Crippen LogP contribution in [0.15, 0.2) is 17.2 Å². The molecule has 0 saturated heterocycles. The lowest BCUT2D eigenvalue weighted by Gasteiger charge is -2.29. The Bertz CT molecular complexity index is 539. The predicted octanol–water partition coefficient (Wildman–Crippen LogP) is 2.70. The Balaban J connectivity index is 2.32. The molecule has 1 aliphatic rings. The molecule has 19 heavy (non-hydrogen) atoms. The van der Waals surface area contributed by atoms with Gasteiger partial charge in [-0.2, -0.15) is 5.10 Å². The fourth-order valence-electron chi connectivity index (χ4n) is 1.68. The zero-order valence-corrected chi connectivity index (χ0v) is 11.9. The van der Waals surface area contributed by atoms with Crippen LogP contribution in [0.2, 0.25) is 10.0 Å². The standard InChI is InChI=1S/C13H13Cl2N3O/c1-3-6-19-13-8-12(10(14)7-11(13)15)18-9-17(2)5-4-16-18/h1,4,7-8H,5-6,9H2,2H3. The molecule has 0 spiro atoms. The zero-order valence-electron chi connectivity index (χ0n) is 10.4. The molecule has 2 rings (SSSR count). The summed E-state index contributed by atoms with van der Waals surface area (Å²) in [5.74, 6) is 2.90. The molecule has 0 unspecified atom stereocenters. The number of anilines is 1. The van der Waals surface area contributed by atoms with E-state index in [1.807, 2.05) is 13.3 Å². The fraction of sp³-hybridized carbons (Fsp3) is 0.308. The van der Waals surface area contributed by atoms with Gasteiger partial charge >= 0.3 is 0 Å². The van der Waals surface area contributed by atoms with Crippen molar-refractivity contribution in [2.45, 2.75) is 0 Å². The van der Waals surface area contributed by atoms with Crippen molar-refractivity contribution in [1.29, 1.82) is 0 Å². The number of ether oxygens (including phenoxy) is 1. The average Bonchev–Trinajstić information content (AvgIpc) is 2.38. The molecular weight excluding hydrogens is 285 g/mol. The number of nitrogens with zero attached hydrogens (tertiary/aromatic N) is 3. The van der Waals surface area contributed by atoms with Crippen molar-refractivity contribution in [3.63, 3.8) is 0 Å². The lowest BCUT2D eigenvalue weighted by atomic mass is 10.3. The molecule has 1 aliphatic heterocycles. The second-order valence-corrected chi connectivity index (χ2v) is 4.92. The number of hydrogen-bond donors (Lipinski definition) is 0. The molecule has 6 heteroatoms. The molecule has 0 amide bonds. The Hall–Kier alpha value is -1.41. The molecule has 0 aliphatic carbocycles. The fourth-order valence-corrected chi connectivity index (χ4v) is 2.22.